The van der Waals surface area contributed by atoms with E-state index in [4.69, 9.17) is 13.9 Å². The monoisotopic (exact) mass is 292 g/mol. The third-order valence-electron chi connectivity index (χ3n) is 3.51. The van der Waals surface area contributed by atoms with Crippen molar-refractivity contribution in [3.8, 4) is 11.5 Å². The molecule has 1 aromatic carbocycles. The Morgan fingerprint density at radius 3 is 2.10 bits per heavy atom. The minimum atomic E-state index is -0.657. The van der Waals surface area contributed by atoms with Crippen LogP contribution in [0, 0.1) is 26.6 Å². The Morgan fingerprint density at radius 2 is 1.62 bits per heavy atom. The van der Waals surface area contributed by atoms with Crippen molar-refractivity contribution < 1.29 is 23.1 Å². The Morgan fingerprint density at radius 1 is 1.05 bits per heavy atom. The fourth-order valence-electron chi connectivity index (χ4n) is 2.29. The van der Waals surface area contributed by atoms with E-state index in [-0.39, 0.29) is 11.3 Å². The largest absolute Gasteiger partial charge is 0.493 e. The van der Waals surface area contributed by atoms with Gasteiger partial charge in [-0.15, -0.1) is 0 Å². The van der Waals surface area contributed by atoms with Gasteiger partial charge in [0.05, 0.1) is 25.3 Å². The first-order valence-electron chi connectivity index (χ1n) is 6.43. The second kappa shape index (κ2) is 5.60. The van der Waals surface area contributed by atoms with Crippen LogP contribution in [0.15, 0.2) is 16.5 Å². The number of ketones is 1. The molecule has 4 nitrogen and oxygen atoms in total. The molecule has 0 N–H and O–H groups in total. The van der Waals surface area contributed by atoms with E-state index < -0.39 is 11.6 Å². The van der Waals surface area contributed by atoms with Crippen LogP contribution in [0.1, 0.15) is 33.0 Å². The molecule has 0 bridgehead atoms. The van der Waals surface area contributed by atoms with Gasteiger partial charge in [-0.2, -0.15) is 0 Å². The van der Waals surface area contributed by atoms with Crippen molar-refractivity contribution in [2.45, 2.75) is 20.8 Å². The average molecular weight is 292 g/mol. The molecule has 0 saturated carbocycles. The molecule has 0 spiro atoms. The zero-order valence-corrected chi connectivity index (χ0v) is 12.7. The number of aryl methyl sites for hydroxylation is 2. The summed E-state index contributed by atoms with van der Waals surface area (Å²) >= 11 is 0. The van der Waals surface area contributed by atoms with Crippen LogP contribution in [0.25, 0.3) is 0 Å². The molecule has 0 fully saturated rings. The Balaban J connectivity index is 2.58. The van der Waals surface area contributed by atoms with E-state index in [1.807, 2.05) is 0 Å². The summed E-state index contributed by atoms with van der Waals surface area (Å²) in [5.74, 6) is 0.581. The number of carbonyl (C=O) groups excluding carboxylic acids is 1. The maximum absolute atomic E-state index is 14.2. The number of hydrogen-bond acceptors (Lipinski definition) is 4. The quantitative estimate of drug-likeness (QED) is 0.808. The van der Waals surface area contributed by atoms with Gasteiger partial charge in [-0.1, -0.05) is 0 Å². The fourth-order valence-corrected chi connectivity index (χ4v) is 2.29. The highest BCUT2D eigenvalue weighted by molar-refractivity contribution is 6.11. The normalized spacial score (nSPS) is 10.6. The smallest absolute Gasteiger partial charge is 0.199 e. The summed E-state index contributed by atoms with van der Waals surface area (Å²) in [7, 11) is 2.84. The molecule has 0 unspecified atom stereocenters. The summed E-state index contributed by atoms with van der Waals surface area (Å²) in [6, 6.07) is 2.49. The number of methoxy groups -OCH3 is 2. The van der Waals surface area contributed by atoms with E-state index in [9.17, 15) is 9.18 Å². The van der Waals surface area contributed by atoms with Crippen LogP contribution in [0.2, 0.25) is 0 Å². The highest BCUT2D eigenvalue weighted by Crippen LogP contribution is 2.32. The molecule has 0 aliphatic heterocycles. The van der Waals surface area contributed by atoms with Gasteiger partial charge in [0.1, 0.15) is 17.3 Å². The van der Waals surface area contributed by atoms with Crippen LogP contribution >= 0.6 is 0 Å². The molecule has 5 heteroatoms. The topological polar surface area (TPSA) is 48.7 Å². The number of carbonyl (C=O) groups is 1. The van der Waals surface area contributed by atoms with E-state index >= 15 is 0 Å². The molecule has 2 rings (SSSR count). The van der Waals surface area contributed by atoms with Crippen molar-refractivity contribution in [1.29, 1.82) is 0 Å². The van der Waals surface area contributed by atoms with E-state index in [1.165, 1.54) is 20.3 Å². The molecule has 0 saturated heterocycles. The predicted octanol–water partition coefficient (Wildman–Crippen LogP) is 3.59. The van der Waals surface area contributed by atoms with Crippen molar-refractivity contribution >= 4 is 5.78 Å². The fraction of sp³-hybridized carbons (Fsp3) is 0.312. The van der Waals surface area contributed by atoms with Gasteiger partial charge in [0.15, 0.2) is 17.3 Å². The maximum atomic E-state index is 14.2. The standard InChI is InChI=1S/C16H17FO4/c1-8-9(2)21-10(3)15(8)16(18)11-6-13(19-4)14(20-5)7-12(11)17/h6-7H,1-5H3. The number of ether oxygens (including phenoxy) is 2. The van der Waals surface area contributed by atoms with Crippen molar-refractivity contribution in [2.24, 2.45) is 0 Å². The number of benzene rings is 1. The Hall–Kier alpha value is -2.30. The molecule has 0 radical (unpaired) electrons. The van der Waals surface area contributed by atoms with Gasteiger partial charge < -0.3 is 13.9 Å². The molecule has 0 amide bonds. The minimum absolute atomic E-state index is 0.0698. The lowest BCUT2D eigenvalue weighted by Crippen LogP contribution is -2.07. The van der Waals surface area contributed by atoms with Crippen LogP contribution in [0.4, 0.5) is 4.39 Å². The summed E-state index contributed by atoms with van der Waals surface area (Å²) in [5.41, 5.74) is 1.03. The lowest BCUT2D eigenvalue weighted by Gasteiger charge is -2.10. The summed E-state index contributed by atoms with van der Waals surface area (Å²) < 4.78 is 29.7. The highest BCUT2D eigenvalue weighted by atomic mass is 19.1. The van der Waals surface area contributed by atoms with Crippen molar-refractivity contribution in [1.82, 2.24) is 0 Å². The molecule has 0 aliphatic carbocycles. The van der Waals surface area contributed by atoms with E-state index in [0.29, 0.717) is 28.4 Å². The Labute approximate surface area is 122 Å². The molecule has 1 heterocycles. The van der Waals surface area contributed by atoms with Crippen LogP contribution in [0.3, 0.4) is 0 Å². The molecule has 0 atom stereocenters. The van der Waals surface area contributed by atoms with Gasteiger partial charge in [-0.3, -0.25) is 4.79 Å². The van der Waals surface area contributed by atoms with Crippen LogP contribution < -0.4 is 9.47 Å². The predicted molar refractivity (Wildman–Crippen MR) is 75.9 cm³/mol. The summed E-state index contributed by atoms with van der Waals surface area (Å²) in [6.45, 7) is 5.23. The third kappa shape index (κ3) is 2.51. The Bertz CT molecular complexity index is 701. The summed E-state index contributed by atoms with van der Waals surface area (Å²) in [4.78, 5) is 12.6. The summed E-state index contributed by atoms with van der Waals surface area (Å²) in [6.07, 6.45) is 0. The first kappa shape index (κ1) is 15.1. The van der Waals surface area contributed by atoms with Crippen molar-refractivity contribution in [3.05, 3.63) is 46.2 Å². The van der Waals surface area contributed by atoms with Crippen LogP contribution in [-0.2, 0) is 0 Å². The Kier molecular flexibility index (Phi) is 4.02. The summed E-state index contributed by atoms with van der Waals surface area (Å²) in [5, 5.41) is 0. The molecule has 0 aliphatic rings. The van der Waals surface area contributed by atoms with E-state index in [0.717, 1.165) is 6.07 Å². The van der Waals surface area contributed by atoms with Gasteiger partial charge in [-0.05, 0) is 26.8 Å². The average Bonchev–Trinajstić information content (AvgIpc) is 2.71. The molecule has 1 aromatic heterocycles. The lowest BCUT2D eigenvalue weighted by molar-refractivity contribution is 0.103. The van der Waals surface area contributed by atoms with Crippen molar-refractivity contribution in [2.75, 3.05) is 14.2 Å². The van der Waals surface area contributed by atoms with Crippen LogP contribution in [0.5, 0.6) is 11.5 Å². The number of halogens is 1. The number of hydrogen-bond donors (Lipinski definition) is 0. The molecular weight excluding hydrogens is 275 g/mol. The highest BCUT2D eigenvalue weighted by Gasteiger charge is 2.24. The lowest BCUT2D eigenvalue weighted by atomic mass is 9.99. The van der Waals surface area contributed by atoms with Crippen LogP contribution in [-0.4, -0.2) is 20.0 Å². The second-order valence-electron chi connectivity index (χ2n) is 4.73. The molecule has 2 aromatic rings. The zero-order chi connectivity index (χ0) is 15.7. The third-order valence-corrected chi connectivity index (χ3v) is 3.51. The number of rotatable bonds is 4. The zero-order valence-electron chi connectivity index (χ0n) is 12.7. The minimum Gasteiger partial charge on any atom is -0.493 e. The van der Waals surface area contributed by atoms with Gasteiger partial charge in [0.2, 0.25) is 0 Å². The van der Waals surface area contributed by atoms with Gasteiger partial charge >= 0.3 is 0 Å². The number of furan rings is 1. The first-order chi connectivity index (χ1) is 9.90. The maximum Gasteiger partial charge on any atom is 0.199 e. The van der Waals surface area contributed by atoms with E-state index in [1.54, 1.807) is 20.8 Å². The second-order valence-corrected chi connectivity index (χ2v) is 4.73. The molecule has 112 valence electrons. The van der Waals surface area contributed by atoms with Gasteiger partial charge in [0, 0.05) is 11.6 Å². The first-order valence-corrected chi connectivity index (χ1v) is 6.43. The van der Waals surface area contributed by atoms with E-state index in [2.05, 4.69) is 0 Å². The van der Waals surface area contributed by atoms with Crippen molar-refractivity contribution in [3.63, 3.8) is 0 Å². The SMILES string of the molecule is COc1cc(F)c(C(=O)c2c(C)oc(C)c2C)cc1OC. The van der Waals surface area contributed by atoms with Gasteiger partial charge in [0.25, 0.3) is 0 Å². The molecule has 21 heavy (non-hydrogen) atoms. The van der Waals surface area contributed by atoms with Gasteiger partial charge in [-0.25, -0.2) is 4.39 Å². The molecular formula is C16H17FO4.